The predicted molar refractivity (Wildman–Crippen MR) is 51.8 cm³/mol. The van der Waals surface area contributed by atoms with Crippen molar-refractivity contribution in [2.24, 2.45) is 0 Å². The molecular formula is C9H8ClN3O. The average molecular weight is 210 g/mol. The molecule has 0 aromatic carbocycles. The van der Waals surface area contributed by atoms with Gasteiger partial charge >= 0.3 is 0 Å². The third-order valence-electron chi connectivity index (χ3n) is 1.53. The smallest absolute Gasteiger partial charge is 0.254 e. The number of nitriles is 1. The van der Waals surface area contributed by atoms with Gasteiger partial charge in [0, 0.05) is 12.7 Å². The maximum atomic E-state index is 11.4. The van der Waals surface area contributed by atoms with E-state index in [2.05, 4.69) is 10.3 Å². The van der Waals surface area contributed by atoms with Crippen molar-refractivity contribution in [3.63, 3.8) is 0 Å². The van der Waals surface area contributed by atoms with Crippen LogP contribution in [0.5, 0.6) is 0 Å². The van der Waals surface area contributed by atoms with Crippen LogP contribution in [0.15, 0.2) is 18.3 Å². The van der Waals surface area contributed by atoms with Crippen LogP contribution in [0, 0.1) is 11.3 Å². The molecule has 0 bridgehead atoms. The molecule has 14 heavy (non-hydrogen) atoms. The Morgan fingerprint density at radius 2 is 2.50 bits per heavy atom. The van der Waals surface area contributed by atoms with Crippen molar-refractivity contribution >= 4 is 17.5 Å². The lowest BCUT2D eigenvalue weighted by molar-refractivity contribution is 0.0954. The number of hydrogen-bond donors (Lipinski definition) is 1. The summed E-state index contributed by atoms with van der Waals surface area (Å²) in [4.78, 5) is 15.2. The lowest BCUT2D eigenvalue weighted by Crippen LogP contribution is -2.24. The lowest BCUT2D eigenvalue weighted by Gasteiger charge is -2.03. The Balaban J connectivity index is 2.62. The normalized spacial score (nSPS) is 9.14. The first kappa shape index (κ1) is 10.5. The van der Waals surface area contributed by atoms with E-state index in [0.717, 1.165) is 0 Å². The van der Waals surface area contributed by atoms with Gasteiger partial charge < -0.3 is 5.32 Å². The summed E-state index contributed by atoms with van der Waals surface area (Å²) in [6.45, 7) is 0.320. The van der Waals surface area contributed by atoms with E-state index >= 15 is 0 Å². The highest BCUT2D eigenvalue weighted by Gasteiger charge is 2.08. The molecule has 0 aliphatic rings. The summed E-state index contributed by atoms with van der Waals surface area (Å²) in [6, 6.07) is 5.14. The van der Waals surface area contributed by atoms with Crippen molar-refractivity contribution in [3.05, 3.63) is 29.0 Å². The van der Waals surface area contributed by atoms with Gasteiger partial charge in [-0.25, -0.2) is 4.98 Å². The van der Waals surface area contributed by atoms with Crippen molar-refractivity contribution in [3.8, 4) is 6.07 Å². The Morgan fingerprint density at radius 1 is 1.71 bits per heavy atom. The summed E-state index contributed by atoms with van der Waals surface area (Å²) in [5.74, 6) is -0.307. The Kier molecular flexibility index (Phi) is 3.89. The minimum atomic E-state index is -0.307. The molecule has 1 heterocycles. The molecule has 0 atom stereocenters. The number of rotatable bonds is 3. The van der Waals surface area contributed by atoms with Gasteiger partial charge in [-0.2, -0.15) is 5.26 Å². The molecule has 1 aromatic rings. The van der Waals surface area contributed by atoms with Crippen LogP contribution in [-0.4, -0.2) is 17.4 Å². The molecule has 72 valence electrons. The fraction of sp³-hybridized carbons (Fsp3) is 0.222. The van der Waals surface area contributed by atoms with E-state index in [0.29, 0.717) is 12.1 Å². The summed E-state index contributed by atoms with van der Waals surface area (Å²) < 4.78 is 0. The number of carbonyl (C=O) groups excluding carboxylic acids is 1. The summed E-state index contributed by atoms with van der Waals surface area (Å²) in [7, 11) is 0. The average Bonchev–Trinajstić information content (AvgIpc) is 2.18. The van der Waals surface area contributed by atoms with Gasteiger partial charge in [0.05, 0.1) is 18.1 Å². The zero-order valence-corrected chi connectivity index (χ0v) is 8.08. The van der Waals surface area contributed by atoms with Gasteiger partial charge in [0.1, 0.15) is 5.15 Å². The second-order valence-corrected chi connectivity index (χ2v) is 2.86. The molecule has 0 radical (unpaired) electrons. The van der Waals surface area contributed by atoms with Crippen LogP contribution < -0.4 is 5.32 Å². The predicted octanol–water partition coefficient (Wildman–Crippen LogP) is 1.38. The van der Waals surface area contributed by atoms with E-state index < -0.39 is 0 Å². The largest absolute Gasteiger partial charge is 0.351 e. The van der Waals surface area contributed by atoms with Crippen LogP contribution in [0.25, 0.3) is 0 Å². The molecule has 1 rings (SSSR count). The summed E-state index contributed by atoms with van der Waals surface area (Å²) >= 11 is 5.69. The lowest BCUT2D eigenvalue weighted by atomic mass is 10.2. The molecule has 0 aliphatic carbocycles. The number of carbonyl (C=O) groups is 1. The Labute approximate surface area is 86.5 Å². The minimum Gasteiger partial charge on any atom is -0.351 e. The molecular weight excluding hydrogens is 202 g/mol. The number of pyridine rings is 1. The minimum absolute atomic E-state index is 0.168. The second kappa shape index (κ2) is 5.20. The number of aromatic nitrogens is 1. The van der Waals surface area contributed by atoms with E-state index in [1.165, 1.54) is 6.20 Å². The second-order valence-electron chi connectivity index (χ2n) is 2.51. The highest BCUT2D eigenvalue weighted by Crippen LogP contribution is 2.10. The monoisotopic (exact) mass is 209 g/mol. The topological polar surface area (TPSA) is 65.8 Å². The molecule has 0 aliphatic heterocycles. The quantitative estimate of drug-likeness (QED) is 0.604. The Morgan fingerprint density at radius 3 is 3.14 bits per heavy atom. The third kappa shape index (κ3) is 2.71. The number of halogens is 1. The van der Waals surface area contributed by atoms with E-state index in [1.807, 2.05) is 6.07 Å². The number of nitrogens with one attached hydrogen (secondary N) is 1. The fourth-order valence-corrected chi connectivity index (χ4v) is 1.09. The van der Waals surface area contributed by atoms with Crippen molar-refractivity contribution in [2.75, 3.05) is 6.54 Å². The van der Waals surface area contributed by atoms with Crippen LogP contribution in [0.4, 0.5) is 0 Å². The maximum absolute atomic E-state index is 11.4. The molecule has 5 heteroatoms. The van der Waals surface area contributed by atoms with E-state index in [-0.39, 0.29) is 17.5 Å². The fourth-order valence-electron chi connectivity index (χ4n) is 0.883. The van der Waals surface area contributed by atoms with Crippen LogP contribution in [0.2, 0.25) is 5.15 Å². The zero-order chi connectivity index (χ0) is 10.4. The third-order valence-corrected chi connectivity index (χ3v) is 1.83. The molecule has 0 saturated carbocycles. The summed E-state index contributed by atoms with van der Waals surface area (Å²) in [5.41, 5.74) is 0.326. The highest BCUT2D eigenvalue weighted by molar-refractivity contribution is 6.32. The van der Waals surface area contributed by atoms with Crippen molar-refractivity contribution in [2.45, 2.75) is 6.42 Å². The first-order valence-electron chi connectivity index (χ1n) is 4.01. The van der Waals surface area contributed by atoms with E-state index in [4.69, 9.17) is 16.9 Å². The van der Waals surface area contributed by atoms with Gasteiger partial charge in [-0.15, -0.1) is 0 Å². The molecule has 0 unspecified atom stereocenters. The van der Waals surface area contributed by atoms with Gasteiger partial charge in [0.2, 0.25) is 0 Å². The molecule has 1 amide bonds. The van der Waals surface area contributed by atoms with E-state index in [1.54, 1.807) is 12.1 Å². The summed E-state index contributed by atoms with van der Waals surface area (Å²) in [6.07, 6.45) is 1.79. The zero-order valence-electron chi connectivity index (χ0n) is 7.33. The molecule has 4 nitrogen and oxygen atoms in total. The van der Waals surface area contributed by atoms with Crippen molar-refractivity contribution < 1.29 is 4.79 Å². The number of nitrogens with zero attached hydrogens (tertiary/aromatic N) is 2. The van der Waals surface area contributed by atoms with Crippen LogP contribution >= 0.6 is 11.6 Å². The highest BCUT2D eigenvalue weighted by atomic mass is 35.5. The number of amides is 1. The molecule has 1 N–H and O–H groups in total. The number of hydrogen-bond acceptors (Lipinski definition) is 3. The van der Waals surface area contributed by atoms with Crippen LogP contribution in [0.1, 0.15) is 16.8 Å². The first-order chi connectivity index (χ1) is 6.75. The van der Waals surface area contributed by atoms with Crippen LogP contribution in [0.3, 0.4) is 0 Å². The molecule has 1 aromatic heterocycles. The van der Waals surface area contributed by atoms with Gasteiger partial charge in [-0.3, -0.25) is 4.79 Å². The Hall–Kier alpha value is -1.60. The van der Waals surface area contributed by atoms with Gasteiger partial charge in [-0.1, -0.05) is 11.6 Å². The van der Waals surface area contributed by atoms with Gasteiger partial charge in [0.25, 0.3) is 5.91 Å². The first-order valence-corrected chi connectivity index (χ1v) is 4.39. The SMILES string of the molecule is N#CCCNC(=O)c1cccnc1Cl. The van der Waals surface area contributed by atoms with Crippen LogP contribution in [-0.2, 0) is 0 Å². The Bertz CT molecular complexity index is 373. The molecule has 0 saturated heterocycles. The molecule has 0 spiro atoms. The van der Waals surface area contributed by atoms with E-state index in [9.17, 15) is 4.79 Å². The van der Waals surface area contributed by atoms with Crippen molar-refractivity contribution in [1.82, 2.24) is 10.3 Å². The molecule has 0 fully saturated rings. The standard InChI is InChI=1S/C9H8ClN3O/c10-8-7(3-1-5-12-8)9(14)13-6-2-4-11/h1,3,5H,2,6H2,(H,13,14). The van der Waals surface area contributed by atoms with Gasteiger partial charge in [-0.05, 0) is 12.1 Å². The maximum Gasteiger partial charge on any atom is 0.254 e. The summed E-state index contributed by atoms with van der Waals surface area (Å²) in [5, 5.41) is 11.0. The van der Waals surface area contributed by atoms with Gasteiger partial charge in [0.15, 0.2) is 0 Å². The van der Waals surface area contributed by atoms with Crippen molar-refractivity contribution in [1.29, 1.82) is 5.26 Å².